The zero-order chi connectivity index (χ0) is 40.4. The van der Waals surface area contributed by atoms with Gasteiger partial charge in [0, 0.05) is 54.3 Å². The molecule has 6 amide bonds. The van der Waals surface area contributed by atoms with Gasteiger partial charge in [-0.15, -0.1) is 0 Å². The second-order valence-electron chi connectivity index (χ2n) is 14.1. The summed E-state index contributed by atoms with van der Waals surface area (Å²) in [6, 6.07) is 15.8. The average Bonchev–Trinajstić information content (AvgIpc) is 3.14. The summed E-state index contributed by atoms with van der Waals surface area (Å²) in [5.74, 6) is 6.58. The lowest BCUT2D eigenvalue weighted by Gasteiger charge is -2.47. The van der Waals surface area contributed by atoms with Gasteiger partial charge in [0.25, 0.3) is 0 Å². The van der Waals surface area contributed by atoms with Gasteiger partial charge in [-0.2, -0.15) is 0 Å². The van der Waals surface area contributed by atoms with E-state index in [1.165, 1.54) is 22.9 Å². The van der Waals surface area contributed by atoms with Gasteiger partial charge in [0.1, 0.15) is 17.2 Å². The minimum Gasteiger partial charge on any atom is -0.321 e. The predicted molar refractivity (Wildman–Crippen MR) is 204 cm³/mol. The van der Waals surface area contributed by atoms with Crippen LogP contribution in [0.25, 0.3) is 0 Å². The number of aromatic nitrogens is 1. The second-order valence-corrected chi connectivity index (χ2v) is 14.5. The van der Waals surface area contributed by atoms with E-state index in [-0.39, 0.29) is 22.7 Å². The van der Waals surface area contributed by atoms with Crippen LogP contribution in [-0.2, 0) is 9.59 Å². The molecule has 0 N–H and O–H groups in total. The number of nitrogens with zero attached hydrogens (tertiary/aromatic N) is 5. The largest absolute Gasteiger partial charge is 0.331 e. The Hall–Kier alpha value is -6.11. The van der Waals surface area contributed by atoms with Crippen molar-refractivity contribution in [3.8, 4) is 23.7 Å². The third kappa shape index (κ3) is 8.20. The molecule has 2 aliphatic heterocycles. The van der Waals surface area contributed by atoms with E-state index in [4.69, 9.17) is 11.6 Å². The van der Waals surface area contributed by atoms with Gasteiger partial charge in [0.15, 0.2) is 11.6 Å². The van der Waals surface area contributed by atoms with E-state index in [2.05, 4.69) is 28.7 Å². The van der Waals surface area contributed by atoms with Crippen LogP contribution >= 0.6 is 11.6 Å². The topological polar surface area (TPSA) is 94.1 Å². The van der Waals surface area contributed by atoms with Gasteiger partial charge in [0.2, 0.25) is 11.8 Å². The van der Waals surface area contributed by atoms with Gasteiger partial charge in [-0.05, 0) is 76.2 Å². The van der Waals surface area contributed by atoms with E-state index in [0.29, 0.717) is 21.6 Å². The number of urea groups is 2. The molecule has 1 aromatic heterocycles. The normalized spacial score (nSPS) is 17.5. The standard InChI is InChI=1S/C22H20F2N2O2.C20H17ClFN3O2/c1-14-20(27)26(21(28)25(4)22(14,2)3)19-17(23)12-16(13-18(19)24)11-10-15-8-6-5-7-9-15;1-20(2)11-17(26)25(19(27)24(20)3)18-15(21)9-14(10-16(18)22)7-6-13-5-4-8-23-12-13/h5-9,12-14H,1-4H3;4-5,8-10,12H,11H2,1-3H3. The van der Waals surface area contributed by atoms with Crippen LogP contribution < -0.4 is 9.80 Å². The number of carbonyl (C=O) groups excluding carboxylic acids is 4. The molecule has 3 aromatic carbocycles. The summed E-state index contributed by atoms with van der Waals surface area (Å²) in [4.78, 5) is 58.5. The Kier molecular flexibility index (Phi) is 11.4. The fourth-order valence-electron chi connectivity index (χ4n) is 5.74. The molecule has 9 nitrogen and oxygen atoms in total. The molecular weight excluding hydrogens is 731 g/mol. The maximum Gasteiger partial charge on any atom is 0.331 e. The highest BCUT2D eigenvalue weighted by Gasteiger charge is 2.49. The molecule has 2 saturated heterocycles. The number of hydrogen-bond acceptors (Lipinski definition) is 5. The Morgan fingerprint density at radius 2 is 1.20 bits per heavy atom. The maximum absolute atomic E-state index is 14.8. The van der Waals surface area contributed by atoms with Crippen molar-refractivity contribution in [2.45, 2.75) is 52.1 Å². The Labute approximate surface area is 322 Å². The van der Waals surface area contributed by atoms with Crippen LogP contribution in [0.3, 0.4) is 0 Å². The minimum absolute atomic E-state index is 0.0553. The van der Waals surface area contributed by atoms with E-state index in [0.717, 1.165) is 23.1 Å². The molecule has 0 aliphatic carbocycles. The molecule has 55 heavy (non-hydrogen) atoms. The van der Waals surface area contributed by atoms with Crippen LogP contribution in [0.4, 0.5) is 34.1 Å². The third-order valence-corrected chi connectivity index (χ3v) is 10.1. The summed E-state index contributed by atoms with van der Waals surface area (Å²) in [7, 11) is 3.08. The molecule has 13 heteroatoms. The molecule has 2 fully saturated rings. The van der Waals surface area contributed by atoms with Gasteiger partial charge in [0.05, 0.1) is 22.9 Å². The lowest BCUT2D eigenvalue weighted by atomic mass is 9.84. The van der Waals surface area contributed by atoms with Gasteiger partial charge >= 0.3 is 12.1 Å². The highest BCUT2D eigenvalue weighted by molar-refractivity contribution is 6.35. The fraction of sp³-hybridized carbons (Fsp3) is 0.262. The summed E-state index contributed by atoms with van der Waals surface area (Å²) in [5.41, 5.74) is -0.524. The summed E-state index contributed by atoms with van der Waals surface area (Å²) < 4.78 is 44.2. The van der Waals surface area contributed by atoms with Crippen LogP contribution in [0, 0.1) is 47.1 Å². The SMILES string of the molecule is CC1C(=O)N(c2c(F)cc(C#Cc3ccccc3)cc2F)C(=O)N(C)C1(C)C.CN1C(=O)N(c2c(F)cc(C#Cc3cccnc3)cc2Cl)C(=O)CC1(C)C. The van der Waals surface area contributed by atoms with Crippen LogP contribution in [0.15, 0.2) is 79.1 Å². The summed E-state index contributed by atoms with van der Waals surface area (Å²) >= 11 is 6.21. The molecule has 0 radical (unpaired) electrons. The first-order valence-corrected chi connectivity index (χ1v) is 17.4. The third-order valence-electron chi connectivity index (χ3n) is 9.83. The van der Waals surface area contributed by atoms with Crippen LogP contribution in [0.1, 0.15) is 63.3 Å². The molecule has 1 unspecified atom stereocenters. The molecule has 6 rings (SSSR count). The fourth-order valence-corrected chi connectivity index (χ4v) is 6.03. The van der Waals surface area contributed by atoms with Crippen molar-refractivity contribution in [3.05, 3.63) is 124 Å². The van der Waals surface area contributed by atoms with Crippen LogP contribution in [-0.4, -0.2) is 63.8 Å². The monoisotopic (exact) mass is 767 g/mol. The molecule has 2 aliphatic rings. The first-order chi connectivity index (χ1) is 25.8. The molecule has 4 aromatic rings. The number of anilines is 2. The summed E-state index contributed by atoms with van der Waals surface area (Å²) in [5, 5.41) is -0.0553. The quantitative estimate of drug-likeness (QED) is 0.193. The smallest absolute Gasteiger partial charge is 0.321 e. The highest BCUT2D eigenvalue weighted by Crippen LogP contribution is 2.37. The Morgan fingerprint density at radius 3 is 1.76 bits per heavy atom. The van der Waals surface area contributed by atoms with E-state index in [1.54, 1.807) is 90.5 Å². The molecule has 0 saturated carbocycles. The Bertz CT molecular complexity index is 2240. The number of halogens is 4. The second kappa shape index (κ2) is 15.7. The minimum atomic E-state index is -1.01. The van der Waals surface area contributed by atoms with Gasteiger partial charge in [-0.25, -0.2) is 32.6 Å². The van der Waals surface area contributed by atoms with E-state index in [1.807, 2.05) is 6.07 Å². The van der Waals surface area contributed by atoms with Gasteiger partial charge in [-0.1, -0.05) is 60.4 Å². The number of benzene rings is 3. The van der Waals surface area contributed by atoms with E-state index < -0.39 is 64.0 Å². The molecule has 282 valence electrons. The lowest BCUT2D eigenvalue weighted by Crippen LogP contribution is -2.65. The van der Waals surface area contributed by atoms with E-state index >= 15 is 0 Å². The number of amides is 6. The molecular formula is C42H37ClF3N5O4. The number of carbonyl (C=O) groups is 4. The van der Waals surface area contributed by atoms with Crippen molar-refractivity contribution < 1.29 is 32.3 Å². The molecule has 0 spiro atoms. The van der Waals surface area contributed by atoms with Crippen molar-refractivity contribution in [2.24, 2.45) is 5.92 Å². The number of rotatable bonds is 2. The zero-order valence-corrected chi connectivity index (χ0v) is 31.9. The maximum atomic E-state index is 14.8. The van der Waals surface area contributed by atoms with Crippen molar-refractivity contribution in [1.29, 1.82) is 0 Å². The average molecular weight is 768 g/mol. The van der Waals surface area contributed by atoms with Crippen LogP contribution in [0.2, 0.25) is 5.02 Å². The van der Waals surface area contributed by atoms with Crippen molar-refractivity contribution in [1.82, 2.24) is 14.8 Å². The van der Waals surface area contributed by atoms with Gasteiger partial charge in [-0.3, -0.25) is 14.6 Å². The molecule has 0 bridgehead atoms. The Morgan fingerprint density at radius 1 is 0.691 bits per heavy atom. The summed E-state index contributed by atoms with van der Waals surface area (Å²) in [6.07, 6.45) is 3.27. The first-order valence-electron chi connectivity index (χ1n) is 17.0. The lowest BCUT2D eigenvalue weighted by molar-refractivity contribution is -0.127. The predicted octanol–water partition coefficient (Wildman–Crippen LogP) is 8.02. The van der Waals surface area contributed by atoms with Crippen molar-refractivity contribution in [3.63, 3.8) is 0 Å². The molecule has 1 atom stereocenters. The highest BCUT2D eigenvalue weighted by atomic mass is 35.5. The Balaban J connectivity index is 0.000000211. The zero-order valence-electron chi connectivity index (χ0n) is 31.2. The summed E-state index contributed by atoms with van der Waals surface area (Å²) in [6.45, 7) is 8.65. The van der Waals surface area contributed by atoms with Gasteiger partial charge < -0.3 is 9.80 Å². The van der Waals surface area contributed by atoms with Crippen molar-refractivity contribution in [2.75, 3.05) is 23.9 Å². The first kappa shape index (κ1) is 40.1. The van der Waals surface area contributed by atoms with Crippen LogP contribution in [0.5, 0.6) is 0 Å². The number of pyridine rings is 1. The van der Waals surface area contributed by atoms with E-state index in [9.17, 15) is 32.3 Å². The van der Waals surface area contributed by atoms with Crippen molar-refractivity contribution >= 4 is 46.9 Å². The number of hydrogen-bond donors (Lipinski definition) is 0. The molecule has 3 heterocycles. The number of imide groups is 2.